The number of para-hydroxylation sites is 2. The number of hydrogen-bond donors (Lipinski definition) is 26. The van der Waals surface area contributed by atoms with Crippen LogP contribution in [0, 0.1) is 0 Å². The van der Waals surface area contributed by atoms with E-state index in [-0.39, 0.29) is 22.5 Å². The quantitative estimate of drug-likeness (QED) is 0.0835. The van der Waals surface area contributed by atoms with Gasteiger partial charge < -0.3 is 209 Å². The molecule has 26 N–H and O–H groups in total. The highest BCUT2D eigenvalue weighted by molar-refractivity contribution is 5.94. The number of carbonyl (C=O) groups is 2. The molecule has 0 spiro atoms. The standard InChI is InChI=1S/C62H90N2O42/c65-11-23-47-32(74)40(82)58(94-23)103-49-25(13-67)96-60(42(84)34(49)76)105-51-27(15-69)98-62(44(86)36(51)78)106-52-28(16-70)97-61(43(85)35(52)77)104-50-26(14-68)95-59(41(83)33(50)75)102-48-24(12-66)93-57(39(81)31(48)73)100-46-22(10-64-20-8-4-2-6-18(20)54(89)90)91-55(37(79)29(46)71)99-45-21(92-56(101-47)38(80)30(45)72)9-63-19-7-3-1-5-17(19)53(87)88/h1-8,21-52,55-86H,9-16H2,(H,87,88)(H,89,90)/t21-,22+,23-,24+,25-,26-,27-,28+,29-,30+,31-,32-,33-,34+,35-,36-,37-,38-,39-,40-,41-,42+,43-,44+,45-,46-,47-,48-,49-,50-,51-,52-,55-,56-,57-,58-,59-,60-,61-,62-/m1/s1. The second kappa shape index (κ2) is 35.4. The Morgan fingerprint density at radius 3 is 0.575 bits per heavy atom. The molecule has 106 heavy (non-hydrogen) atoms. The predicted molar refractivity (Wildman–Crippen MR) is 331 cm³/mol. The zero-order valence-corrected chi connectivity index (χ0v) is 55.5. The number of aliphatic hydroxyl groups is 22. The second-order valence-electron chi connectivity index (χ2n) is 26.6. The summed E-state index contributed by atoms with van der Waals surface area (Å²) in [5.41, 5.74) is -0.771. The van der Waals surface area contributed by atoms with Crippen LogP contribution >= 0.6 is 0 Å². The molecule has 600 valence electrons. The molecule has 44 nitrogen and oxygen atoms in total. The van der Waals surface area contributed by atoms with Crippen molar-refractivity contribution in [2.24, 2.45) is 0 Å². The topological polar surface area (TPSA) is 691 Å². The fraction of sp³-hybridized carbons (Fsp3) is 0.774. The van der Waals surface area contributed by atoms with Crippen LogP contribution < -0.4 is 10.6 Å². The highest BCUT2D eigenvalue weighted by atomic mass is 16.8. The molecule has 30 fully saturated rings. The lowest BCUT2D eigenvalue weighted by atomic mass is 9.94. The highest BCUT2D eigenvalue weighted by Crippen LogP contribution is 2.40. The molecular weight excluding hydrogens is 1440 g/mol. The Morgan fingerprint density at radius 2 is 0.406 bits per heavy atom. The maximum atomic E-state index is 12.4. The number of nitrogens with one attached hydrogen (secondary N) is 2. The average molecular weight is 1540 g/mol. The number of hydrogen-bond acceptors (Lipinski definition) is 42. The van der Waals surface area contributed by atoms with Gasteiger partial charge in [-0.1, -0.05) is 24.3 Å². The van der Waals surface area contributed by atoms with Gasteiger partial charge in [0.2, 0.25) is 0 Å². The first-order valence-electron chi connectivity index (χ1n) is 33.7. The molecule has 30 saturated heterocycles. The van der Waals surface area contributed by atoms with Crippen LogP contribution in [0.2, 0.25) is 0 Å². The highest BCUT2D eigenvalue weighted by Gasteiger charge is 2.61. The van der Waals surface area contributed by atoms with Gasteiger partial charge in [-0.2, -0.15) is 0 Å². The molecule has 40 atom stereocenters. The van der Waals surface area contributed by atoms with E-state index in [9.17, 15) is 132 Å². The first-order valence-corrected chi connectivity index (χ1v) is 33.7. The van der Waals surface area contributed by atoms with Gasteiger partial charge in [0, 0.05) is 24.5 Å². The molecule has 16 bridgehead atoms. The van der Waals surface area contributed by atoms with E-state index in [0.29, 0.717) is 0 Å². The lowest BCUT2D eigenvalue weighted by Gasteiger charge is -2.51. The number of aliphatic hydroxyl groups excluding tert-OH is 22. The molecule has 0 unspecified atom stereocenters. The minimum atomic E-state index is -2.36. The van der Waals surface area contributed by atoms with Crippen molar-refractivity contribution in [2.75, 3.05) is 63.4 Å². The van der Waals surface area contributed by atoms with Gasteiger partial charge in [0.1, 0.15) is 195 Å². The normalized spacial score (nSPS) is 47.8. The zero-order valence-electron chi connectivity index (χ0n) is 55.5. The van der Waals surface area contributed by atoms with Crippen LogP contribution in [-0.4, -0.2) is 433 Å². The third kappa shape index (κ3) is 16.8. The zero-order chi connectivity index (χ0) is 76.6. The van der Waals surface area contributed by atoms with Crippen molar-refractivity contribution >= 4 is 23.3 Å². The SMILES string of the molecule is O=C(O)c1ccccc1NC[C@@H]1O[C@@H]2O[C@H]3[C@@H](O)[C@@H](O)[C@@H](O[C@H]4[C@H](O)[C@@H](O)[C@@H](O[C@H]5[C@@H](O)[C@H](O)[C@@H](O[C@H]6[C@H](O)[C@H](O)[C@@H](O[C@H]7[C@H](O)[C@@H](O)[C@@H](O[C@H]8[C@H](O)[C@@H](O)[C@@H](O[C@H]9[C@H](O)[C@@H](O)[C@@H](O[C@H]1[C@H](O)[C@H]2O)O[C@H]9CO)O[C@@H]8CO)O[C@H]7CO)O[C@@H]6CO)O[C@@H]5CO)O[C@@H]4CO)O[C@@H]3CNc1ccccc1C(=O)O. The number of carboxylic acids is 2. The van der Waals surface area contributed by atoms with E-state index in [1.54, 1.807) is 0 Å². The maximum absolute atomic E-state index is 12.4. The van der Waals surface area contributed by atoms with E-state index in [1.165, 1.54) is 48.5 Å². The summed E-state index contributed by atoms with van der Waals surface area (Å²) >= 11 is 0. The predicted octanol–water partition coefficient (Wildman–Crippen LogP) is -13.8. The first-order chi connectivity index (χ1) is 50.6. The molecular formula is C62H90N2O42. The van der Waals surface area contributed by atoms with Crippen LogP contribution in [0.15, 0.2) is 48.5 Å². The molecule has 32 rings (SSSR count). The second-order valence-corrected chi connectivity index (χ2v) is 26.6. The van der Waals surface area contributed by atoms with E-state index in [4.69, 9.17) is 75.8 Å². The lowest BCUT2D eigenvalue weighted by molar-refractivity contribution is -0.402. The summed E-state index contributed by atoms with van der Waals surface area (Å²) in [6.07, 6.45) is -84.3. The van der Waals surface area contributed by atoms with Crippen molar-refractivity contribution in [2.45, 2.75) is 246 Å². The van der Waals surface area contributed by atoms with Crippen LogP contribution in [0.3, 0.4) is 0 Å². The van der Waals surface area contributed by atoms with E-state index in [1.807, 2.05) is 0 Å². The Hall–Kier alpha value is -4.54. The third-order valence-corrected chi connectivity index (χ3v) is 19.8. The Morgan fingerprint density at radius 1 is 0.245 bits per heavy atom. The molecule has 30 heterocycles. The summed E-state index contributed by atoms with van der Waals surface area (Å²) in [6.45, 7) is -7.99. The molecule has 44 heteroatoms. The number of aromatic carboxylic acids is 2. The van der Waals surface area contributed by atoms with Gasteiger partial charge in [0.05, 0.1) is 50.8 Å². The number of benzene rings is 2. The van der Waals surface area contributed by atoms with Gasteiger partial charge in [-0.3, -0.25) is 0 Å². The van der Waals surface area contributed by atoms with Crippen molar-refractivity contribution in [3.05, 3.63) is 59.7 Å². The van der Waals surface area contributed by atoms with Crippen LogP contribution in [0.4, 0.5) is 11.4 Å². The van der Waals surface area contributed by atoms with Gasteiger partial charge in [-0.25, -0.2) is 9.59 Å². The van der Waals surface area contributed by atoms with Crippen LogP contribution in [0.25, 0.3) is 0 Å². The average Bonchev–Trinajstić information content (AvgIpc) is 0.772. The molecule has 0 aromatic heterocycles. The summed E-state index contributed by atoms with van der Waals surface area (Å²) in [5, 5.41) is 277. The fourth-order valence-electron chi connectivity index (χ4n) is 14.0. The monoisotopic (exact) mass is 1530 g/mol. The summed E-state index contributed by atoms with van der Waals surface area (Å²) in [7, 11) is 0. The molecule has 0 saturated carbocycles. The third-order valence-electron chi connectivity index (χ3n) is 19.8. The van der Waals surface area contributed by atoms with Gasteiger partial charge in [0.15, 0.2) is 50.3 Å². The molecule has 30 aliphatic heterocycles. The molecule has 0 radical (unpaired) electrons. The Bertz CT molecular complexity index is 3080. The lowest BCUT2D eigenvalue weighted by Crippen LogP contribution is -2.69. The molecule has 0 aliphatic carbocycles. The number of carboxylic acid groups (broad SMARTS) is 2. The molecule has 0 amide bonds. The van der Waals surface area contributed by atoms with Crippen LogP contribution in [-0.2, 0) is 75.8 Å². The molecule has 30 aliphatic rings. The van der Waals surface area contributed by atoms with E-state index >= 15 is 0 Å². The first kappa shape index (κ1) is 82.4. The van der Waals surface area contributed by atoms with Crippen molar-refractivity contribution in [1.29, 1.82) is 0 Å². The summed E-state index contributed by atoms with van der Waals surface area (Å²) in [5.74, 6) is -2.86. The van der Waals surface area contributed by atoms with Crippen molar-refractivity contribution in [3.8, 4) is 0 Å². The van der Waals surface area contributed by atoms with Crippen LogP contribution in [0.1, 0.15) is 20.7 Å². The van der Waals surface area contributed by atoms with E-state index in [0.717, 1.165) is 0 Å². The van der Waals surface area contributed by atoms with Crippen molar-refractivity contribution in [1.82, 2.24) is 0 Å². The van der Waals surface area contributed by atoms with Crippen molar-refractivity contribution < 1.29 is 208 Å². The summed E-state index contributed by atoms with van der Waals surface area (Å²) in [6, 6.07) is 10.7. The Kier molecular flexibility index (Phi) is 27.6. The summed E-state index contributed by atoms with van der Waals surface area (Å²) in [4.78, 5) is 24.7. The molecule has 2 aromatic carbocycles. The fourth-order valence-corrected chi connectivity index (χ4v) is 14.0. The largest absolute Gasteiger partial charge is 0.478 e. The Labute approximate surface area is 598 Å². The summed E-state index contributed by atoms with van der Waals surface area (Å²) < 4.78 is 94.2. The number of ether oxygens (including phenoxy) is 16. The van der Waals surface area contributed by atoms with Gasteiger partial charge in [-0.15, -0.1) is 0 Å². The smallest absolute Gasteiger partial charge is 0.337 e. The number of anilines is 2. The van der Waals surface area contributed by atoms with Crippen molar-refractivity contribution in [3.63, 3.8) is 0 Å². The maximum Gasteiger partial charge on any atom is 0.337 e. The van der Waals surface area contributed by atoms with Crippen LogP contribution in [0.5, 0.6) is 0 Å². The number of rotatable bonds is 14. The minimum Gasteiger partial charge on any atom is -0.478 e. The van der Waals surface area contributed by atoms with E-state index < -0.39 is 310 Å². The van der Waals surface area contributed by atoms with Gasteiger partial charge in [0.25, 0.3) is 0 Å². The Balaban J connectivity index is 0.909. The van der Waals surface area contributed by atoms with E-state index in [2.05, 4.69) is 10.6 Å². The van der Waals surface area contributed by atoms with Gasteiger partial charge >= 0.3 is 11.9 Å². The minimum absolute atomic E-state index is 0.0780. The van der Waals surface area contributed by atoms with Gasteiger partial charge in [-0.05, 0) is 24.3 Å². The molecule has 2 aromatic rings.